The van der Waals surface area contributed by atoms with E-state index in [1.165, 1.54) is 12.8 Å². The van der Waals surface area contributed by atoms with E-state index in [0.29, 0.717) is 18.5 Å². The first kappa shape index (κ1) is 13.2. The van der Waals surface area contributed by atoms with Crippen LogP contribution >= 0.6 is 0 Å². The second-order valence-corrected chi connectivity index (χ2v) is 5.68. The third-order valence-electron chi connectivity index (χ3n) is 4.54. The van der Waals surface area contributed by atoms with E-state index >= 15 is 0 Å². The van der Waals surface area contributed by atoms with Crippen molar-refractivity contribution in [1.82, 2.24) is 4.98 Å². The molecule has 3 N–H and O–H groups in total. The minimum Gasteiger partial charge on any atom is -0.358 e. The Morgan fingerprint density at radius 1 is 1.35 bits per heavy atom. The minimum atomic E-state index is -0.0211. The van der Waals surface area contributed by atoms with Gasteiger partial charge in [0, 0.05) is 18.5 Å². The summed E-state index contributed by atoms with van der Waals surface area (Å²) in [4.78, 5) is 17.4. The highest BCUT2D eigenvalue weighted by Crippen LogP contribution is 2.31. The average Bonchev–Trinajstić information content (AvgIpc) is 2.95. The number of benzene rings is 1. The van der Waals surface area contributed by atoms with Crippen LogP contribution in [0.5, 0.6) is 0 Å². The van der Waals surface area contributed by atoms with Crippen LogP contribution in [0.25, 0.3) is 10.8 Å². The number of nitrogens with one attached hydrogen (secondary N) is 1. The van der Waals surface area contributed by atoms with Gasteiger partial charge in [0.05, 0.1) is 0 Å². The maximum atomic E-state index is 12.2. The van der Waals surface area contributed by atoms with Gasteiger partial charge in [0.2, 0.25) is 0 Å². The number of rotatable bonds is 3. The van der Waals surface area contributed by atoms with Crippen molar-refractivity contribution in [3.63, 3.8) is 0 Å². The number of nitrogens with two attached hydrogens (primary N) is 1. The topological polar surface area (TPSA) is 62.1 Å². The van der Waals surface area contributed by atoms with Crippen LogP contribution in [0.2, 0.25) is 0 Å². The Hall–Kier alpha value is -1.81. The highest BCUT2D eigenvalue weighted by Gasteiger charge is 2.29. The van der Waals surface area contributed by atoms with Crippen molar-refractivity contribution in [3.05, 3.63) is 40.7 Å². The summed E-state index contributed by atoms with van der Waals surface area (Å²) in [5, 5.41) is 1.73. The van der Waals surface area contributed by atoms with Crippen LogP contribution < -0.4 is 16.2 Å². The van der Waals surface area contributed by atoms with Crippen LogP contribution in [0.4, 0.5) is 5.82 Å². The first-order valence-corrected chi connectivity index (χ1v) is 7.25. The van der Waals surface area contributed by atoms with Crippen molar-refractivity contribution >= 4 is 16.6 Å². The van der Waals surface area contributed by atoms with E-state index in [2.05, 4.69) is 23.0 Å². The minimum absolute atomic E-state index is 0.0211. The van der Waals surface area contributed by atoms with Crippen molar-refractivity contribution < 1.29 is 0 Å². The van der Waals surface area contributed by atoms with Gasteiger partial charge in [-0.1, -0.05) is 24.6 Å². The molecule has 0 saturated heterocycles. The van der Waals surface area contributed by atoms with Gasteiger partial charge in [-0.3, -0.25) is 4.79 Å². The maximum absolute atomic E-state index is 12.2. The number of aromatic nitrogens is 1. The molecule has 4 heteroatoms. The molecule has 0 amide bonds. The quantitative estimate of drug-likeness (QED) is 0.898. The molecule has 1 heterocycles. The van der Waals surface area contributed by atoms with Gasteiger partial charge in [0.15, 0.2) is 0 Å². The molecule has 4 nitrogen and oxygen atoms in total. The largest absolute Gasteiger partial charge is 0.358 e. The van der Waals surface area contributed by atoms with Crippen LogP contribution in [-0.4, -0.2) is 24.6 Å². The Bertz CT molecular complexity index is 664. The zero-order chi connectivity index (χ0) is 14.1. The highest BCUT2D eigenvalue weighted by atomic mass is 16.1. The first-order valence-electron chi connectivity index (χ1n) is 7.25. The fourth-order valence-electron chi connectivity index (χ4n) is 3.37. The van der Waals surface area contributed by atoms with Gasteiger partial charge in [-0.2, -0.15) is 0 Å². The number of pyridine rings is 1. The summed E-state index contributed by atoms with van der Waals surface area (Å²) in [6.45, 7) is 0.715. The molecule has 1 aromatic heterocycles. The fraction of sp³-hybridized carbons (Fsp3) is 0.438. The standard InChI is InChI=1S/C16H21N3O/c1-19(14-8-4-6-12(14)10-17)15-9-11-5-2-3-7-13(11)16(20)18-15/h2-3,5,7,9,12,14H,4,6,8,10,17H2,1H3,(H,18,20). The van der Waals surface area contributed by atoms with Crippen LogP contribution in [0.15, 0.2) is 35.1 Å². The van der Waals surface area contributed by atoms with Crippen molar-refractivity contribution in [3.8, 4) is 0 Å². The van der Waals surface area contributed by atoms with Gasteiger partial charge in [0.25, 0.3) is 5.56 Å². The van der Waals surface area contributed by atoms with E-state index < -0.39 is 0 Å². The van der Waals surface area contributed by atoms with Gasteiger partial charge in [-0.15, -0.1) is 0 Å². The molecule has 0 radical (unpaired) electrons. The second kappa shape index (κ2) is 5.29. The SMILES string of the molecule is CN(c1cc2ccccc2c(=O)[nH]1)C1CCCC1CN. The van der Waals surface area contributed by atoms with Gasteiger partial charge in [-0.25, -0.2) is 0 Å². The van der Waals surface area contributed by atoms with Crippen molar-refractivity contribution in [2.75, 3.05) is 18.5 Å². The first-order chi connectivity index (χ1) is 9.70. The molecule has 0 aliphatic heterocycles. The normalized spacial score (nSPS) is 22.3. The Morgan fingerprint density at radius 3 is 2.95 bits per heavy atom. The number of anilines is 1. The van der Waals surface area contributed by atoms with Crippen LogP contribution in [-0.2, 0) is 0 Å². The molecule has 2 atom stereocenters. The number of aromatic amines is 1. The fourth-order valence-corrected chi connectivity index (χ4v) is 3.37. The molecule has 2 aromatic rings. The second-order valence-electron chi connectivity index (χ2n) is 5.68. The van der Waals surface area contributed by atoms with Crippen LogP contribution in [0, 0.1) is 5.92 Å². The van der Waals surface area contributed by atoms with Crippen LogP contribution in [0.1, 0.15) is 19.3 Å². The summed E-state index contributed by atoms with van der Waals surface area (Å²) >= 11 is 0. The van der Waals surface area contributed by atoms with E-state index in [0.717, 1.165) is 23.0 Å². The summed E-state index contributed by atoms with van der Waals surface area (Å²) < 4.78 is 0. The Kier molecular flexibility index (Phi) is 3.49. The van der Waals surface area contributed by atoms with Crippen molar-refractivity contribution in [2.45, 2.75) is 25.3 Å². The van der Waals surface area contributed by atoms with Gasteiger partial charge in [0.1, 0.15) is 5.82 Å². The van der Waals surface area contributed by atoms with E-state index in [1.54, 1.807) is 0 Å². The van der Waals surface area contributed by atoms with Gasteiger partial charge in [-0.05, 0) is 42.8 Å². The Labute approximate surface area is 118 Å². The number of fused-ring (bicyclic) bond motifs is 1. The van der Waals surface area contributed by atoms with Gasteiger partial charge >= 0.3 is 0 Å². The summed E-state index contributed by atoms with van der Waals surface area (Å²) in [5.41, 5.74) is 5.84. The maximum Gasteiger partial charge on any atom is 0.257 e. The van der Waals surface area contributed by atoms with Crippen molar-refractivity contribution in [1.29, 1.82) is 0 Å². The summed E-state index contributed by atoms with van der Waals surface area (Å²) in [6.07, 6.45) is 3.55. The predicted octanol–water partition coefficient (Wildman–Crippen LogP) is 2.09. The van der Waals surface area contributed by atoms with E-state index in [1.807, 2.05) is 24.3 Å². The number of H-pyrrole nitrogens is 1. The zero-order valence-corrected chi connectivity index (χ0v) is 11.8. The molecule has 1 aliphatic carbocycles. The lowest BCUT2D eigenvalue weighted by Gasteiger charge is -2.30. The number of hydrogen-bond acceptors (Lipinski definition) is 3. The molecule has 0 spiro atoms. The monoisotopic (exact) mass is 271 g/mol. The molecule has 20 heavy (non-hydrogen) atoms. The van der Waals surface area contributed by atoms with Crippen molar-refractivity contribution in [2.24, 2.45) is 11.7 Å². The smallest absolute Gasteiger partial charge is 0.257 e. The molecule has 1 aliphatic rings. The average molecular weight is 271 g/mol. The Balaban J connectivity index is 1.99. The molecular formula is C16H21N3O. The molecule has 0 bridgehead atoms. The number of hydrogen-bond donors (Lipinski definition) is 2. The molecule has 3 rings (SSSR count). The summed E-state index contributed by atoms with van der Waals surface area (Å²) in [6, 6.07) is 10.2. The Morgan fingerprint density at radius 2 is 2.15 bits per heavy atom. The predicted molar refractivity (Wildman–Crippen MR) is 83.2 cm³/mol. The summed E-state index contributed by atoms with van der Waals surface area (Å²) in [7, 11) is 2.05. The molecule has 1 fully saturated rings. The molecule has 1 aromatic carbocycles. The molecular weight excluding hydrogens is 250 g/mol. The lowest BCUT2D eigenvalue weighted by molar-refractivity contribution is 0.472. The van der Waals surface area contributed by atoms with Gasteiger partial charge < -0.3 is 15.6 Å². The lowest BCUT2D eigenvalue weighted by Crippen LogP contribution is -2.38. The van der Waals surface area contributed by atoms with E-state index in [4.69, 9.17) is 5.73 Å². The number of nitrogens with zero attached hydrogens (tertiary/aromatic N) is 1. The van der Waals surface area contributed by atoms with E-state index in [9.17, 15) is 4.79 Å². The molecule has 1 saturated carbocycles. The highest BCUT2D eigenvalue weighted by molar-refractivity contribution is 5.83. The molecule has 2 unspecified atom stereocenters. The van der Waals surface area contributed by atoms with Crippen LogP contribution in [0.3, 0.4) is 0 Å². The van der Waals surface area contributed by atoms with E-state index in [-0.39, 0.29) is 5.56 Å². The third kappa shape index (κ3) is 2.20. The molecule has 106 valence electrons. The summed E-state index contributed by atoms with van der Waals surface area (Å²) in [5.74, 6) is 1.41. The third-order valence-corrected chi connectivity index (χ3v) is 4.54. The lowest BCUT2D eigenvalue weighted by atomic mass is 10.0. The zero-order valence-electron chi connectivity index (χ0n) is 11.8.